The molecule has 0 fully saturated rings. The van der Waals surface area contributed by atoms with Gasteiger partial charge in [0.15, 0.2) is 0 Å². The van der Waals surface area contributed by atoms with Gasteiger partial charge in [-0.1, -0.05) is 27.5 Å². The number of benzene rings is 1. The Morgan fingerprint density at radius 2 is 2.31 bits per heavy atom. The first-order valence-corrected chi connectivity index (χ1v) is 6.88. The van der Waals surface area contributed by atoms with Crippen molar-refractivity contribution < 1.29 is 0 Å². The van der Waals surface area contributed by atoms with E-state index in [-0.39, 0.29) is 6.04 Å². The molecule has 1 N–H and O–H groups in total. The fourth-order valence-electron chi connectivity index (χ4n) is 1.35. The highest BCUT2D eigenvalue weighted by atomic mass is 79.9. The van der Waals surface area contributed by atoms with Gasteiger partial charge in [-0.15, -0.1) is 11.3 Å². The first-order chi connectivity index (χ1) is 7.66. The highest BCUT2D eigenvalue weighted by molar-refractivity contribution is 9.10. The number of hydrogen-bond acceptors (Lipinski definition) is 3. The summed E-state index contributed by atoms with van der Waals surface area (Å²) in [6.07, 6.45) is 0. The molecule has 2 rings (SSSR count). The second kappa shape index (κ2) is 5.17. The minimum Gasteiger partial charge on any atom is -0.376 e. The van der Waals surface area contributed by atoms with Crippen LogP contribution < -0.4 is 5.32 Å². The topological polar surface area (TPSA) is 24.9 Å². The zero-order chi connectivity index (χ0) is 11.5. The molecule has 2 nitrogen and oxygen atoms in total. The molecular weight excluding hydrogens is 308 g/mol. The van der Waals surface area contributed by atoms with Crippen molar-refractivity contribution in [1.82, 2.24) is 4.98 Å². The van der Waals surface area contributed by atoms with Crippen LogP contribution in [0.1, 0.15) is 18.7 Å². The Morgan fingerprint density at radius 3 is 3.00 bits per heavy atom. The highest BCUT2D eigenvalue weighted by Gasteiger charge is 2.09. The summed E-state index contributed by atoms with van der Waals surface area (Å²) < 4.78 is 1.00. The fraction of sp³-hybridized carbons (Fsp3) is 0.182. The Kier molecular flexibility index (Phi) is 3.84. The molecule has 0 radical (unpaired) electrons. The molecule has 0 aliphatic rings. The van der Waals surface area contributed by atoms with Gasteiger partial charge in [0.2, 0.25) is 0 Å². The molecule has 0 spiro atoms. The molecule has 0 saturated heterocycles. The van der Waals surface area contributed by atoms with Crippen LogP contribution in [0, 0.1) is 0 Å². The molecule has 5 heteroatoms. The summed E-state index contributed by atoms with van der Waals surface area (Å²) in [6, 6.07) is 5.89. The first kappa shape index (κ1) is 11.9. The summed E-state index contributed by atoms with van der Waals surface area (Å²) in [6.45, 7) is 2.06. The number of nitrogens with zero attached hydrogens (tertiary/aromatic N) is 1. The van der Waals surface area contributed by atoms with Crippen LogP contribution in [-0.2, 0) is 0 Å². The van der Waals surface area contributed by atoms with Crippen molar-refractivity contribution in [2.75, 3.05) is 5.32 Å². The molecule has 1 heterocycles. The molecule has 0 saturated carbocycles. The molecule has 1 atom stereocenters. The Balaban J connectivity index is 2.17. The minimum absolute atomic E-state index is 0.151. The molecule has 0 amide bonds. The van der Waals surface area contributed by atoms with Crippen molar-refractivity contribution >= 4 is 44.6 Å². The van der Waals surface area contributed by atoms with Crippen LogP contribution in [0.2, 0.25) is 5.02 Å². The molecule has 1 aromatic heterocycles. The number of nitrogens with one attached hydrogen (secondary N) is 1. The number of aromatic nitrogens is 1. The van der Waals surface area contributed by atoms with Crippen molar-refractivity contribution in [2.45, 2.75) is 13.0 Å². The lowest BCUT2D eigenvalue weighted by molar-refractivity contribution is 0.850. The van der Waals surface area contributed by atoms with E-state index in [1.807, 2.05) is 29.1 Å². The van der Waals surface area contributed by atoms with Gasteiger partial charge in [0.25, 0.3) is 0 Å². The molecule has 2 aromatic rings. The number of halogens is 2. The van der Waals surface area contributed by atoms with Gasteiger partial charge in [-0.25, -0.2) is 4.98 Å². The minimum atomic E-state index is 0.151. The van der Waals surface area contributed by atoms with Gasteiger partial charge in [0.1, 0.15) is 0 Å². The van der Waals surface area contributed by atoms with E-state index in [2.05, 4.69) is 33.2 Å². The van der Waals surface area contributed by atoms with E-state index >= 15 is 0 Å². The molecule has 0 bridgehead atoms. The first-order valence-electron chi connectivity index (χ1n) is 4.76. The van der Waals surface area contributed by atoms with Crippen molar-refractivity contribution in [3.63, 3.8) is 0 Å². The van der Waals surface area contributed by atoms with Gasteiger partial charge in [0.05, 0.1) is 28.0 Å². The van der Waals surface area contributed by atoms with Crippen LogP contribution >= 0.6 is 38.9 Å². The van der Waals surface area contributed by atoms with E-state index in [4.69, 9.17) is 11.6 Å². The summed E-state index contributed by atoms with van der Waals surface area (Å²) in [7, 11) is 0. The predicted octanol–water partition coefficient (Wildman–Crippen LogP) is 4.73. The number of hydrogen-bond donors (Lipinski definition) is 1. The van der Waals surface area contributed by atoms with Gasteiger partial charge in [-0.3, -0.25) is 0 Å². The van der Waals surface area contributed by atoms with Crippen LogP contribution in [0.25, 0.3) is 0 Å². The van der Waals surface area contributed by atoms with Gasteiger partial charge in [-0.05, 0) is 25.1 Å². The Bertz CT molecular complexity index is 473. The summed E-state index contributed by atoms with van der Waals surface area (Å²) in [5.74, 6) is 0. The Labute approximate surface area is 112 Å². The maximum Gasteiger partial charge on any atom is 0.0795 e. The predicted molar refractivity (Wildman–Crippen MR) is 73.3 cm³/mol. The van der Waals surface area contributed by atoms with Crippen molar-refractivity contribution in [1.29, 1.82) is 0 Å². The van der Waals surface area contributed by atoms with Crippen molar-refractivity contribution in [3.8, 4) is 0 Å². The summed E-state index contributed by atoms with van der Waals surface area (Å²) in [5, 5.41) is 6.08. The molecule has 1 aromatic carbocycles. The zero-order valence-electron chi connectivity index (χ0n) is 8.58. The fourth-order valence-corrected chi connectivity index (χ4v) is 2.53. The van der Waals surface area contributed by atoms with Crippen molar-refractivity contribution in [2.24, 2.45) is 0 Å². The second-order valence-electron chi connectivity index (χ2n) is 3.40. The Morgan fingerprint density at radius 1 is 1.50 bits per heavy atom. The largest absolute Gasteiger partial charge is 0.376 e. The van der Waals surface area contributed by atoms with Crippen LogP contribution in [0.4, 0.5) is 5.69 Å². The van der Waals surface area contributed by atoms with E-state index in [0.717, 1.165) is 15.9 Å². The van der Waals surface area contributed by atoms with E-state index in [1.54, 1.807) is 11.3 Å². The Hall–Kier alpha value is -0.580. The van der Waals surface area contributed by atoms with E-state index in [0.29, 0.717) is 5.02 Å². The molecule has 1 unspecified atom stereocenters. The average molecular weight is 318 g/mol. The maximum absolute atomic E-state index is 6.10. The maximum atomic E-state index is 6.10. The third-order valence-electron chi connectivity index (χ3n) is 2.20. The lowest BCUT2D eigenvalue weighted by Gasteiger charge is -2.14. The van der Waals surface area contributed by atoms with E-state index in [1.165, 1.54) is 0 Å². The number of rotatable bonds is 3. The smallest absolute Gasteiger partial charge is 0.0795 e. The highest BCUT2D eigenvalue weighted by Crippen LogP contribution is 2.28. The van der Waals surface area contributed by atoms with Crippen LogP contribution in [0.5, 0.6) is 0 Å². The summed E-state index contributed by atoms with van der Waals surface area (Å²) >= 11 is 11.1. The van der Waals surface area contributed by atoms with E-state index in [9.17, 15) is 0 Å². The van der Waals surface area contributed by atoms with Gasteiger partial charge >= 0.3 is 0 Å². The summed E-state index contributed by atoms with van der Waals surface area (Å²) in [5.41, 5.74) is 3.77. The quantitative estimate of drug-likeness (QED) is 0.885. The van der Waals surface area contributed by atoms with Gasteiger partial charge in [-0.2, -0.15) is 0 Å². The lowest BCUT2D eigenvalue weighted by atomic mass is 10.2. The normalized spacial score (nSPS) is 12.4. The molecular formula is C11H10BrClN2S. The number of anilines is 1. The zero-order valence-corrected chi connectivity index (χ0v) is 11.7. The van der Waals surface area contributed by atoms with Gasteiger partial charge in [0, 0.05) is 9.85 Å². The molecule has 84 valence electrons. The molecule has 0 aliphatic heterocycles. The number of thiazole rings is 1. The summed E-state index contributed by atoms with van der Waals surface area (Å²) in [4.78, 5) is 4.27. The van der Waals surface area contributed by atoms with Crippen molar-refractivity contribution in [3.05, 3.63) is 44.3 Å². The monoisotopic (exact) mass is 316 g/mol. The molecule has 16 heavy (non-hydrogen) atoms. The third-order valence-corrected chi connectivity index (χ3v) is 3.62. The molecule has 0 aliphatic carbocycles. The van der Waals surface area contributed by atoms with Gasteiger partial charge < -0.3 is 5.32 Å². The van der Waals surface area contributed by atoms with E-state index < -0.39 is 0 Å². The standard InChI is InChI=1S/C11H10BrClN2S/c1-7(11-5-16-6-14-11)15-10-4-8(12)2-3-9(10)13/h2-7,15H,1H3. The SMILES string of the molecule is CC(Nc1cc(Br)ccc1Cl)c1cscn1. The van der Waals surface area contributed by atoms with Crippen LogP contribution in [0.15, 0.2) is 33.6 Å². The second-order valence-corrected chi connectivity index (χ2v) is 5.45. The third kappa shape index (κ3) is 2.75. The average Bonchev–Trinajstić information content (AvgIpc) is 2.76. The van der Waals surface area contributed by atoms with Crippen LogP contribution in [0.3, 0.4) is 0 Å². The van der Waals surface area contributed by atoms with Crippen LogP contribution in [-0.4, -0.2) is 4.98 Å². The lowest BCUT2D eigenvalue weighted by Crippen LogP contribution is -2.07.